The van der Waals surface area contributed by atoms with Crippen LogP contribution in [0.3, 0.4) is 0 Å². The minimum Gasteiger partial charge on any atom is -0.490 e. The number of carbonyl (C=O) groups is 1. The number of hydrogen-bond donors (Lipinski definition) is 1. The Bertz CT molecular complexity index is 1270. The Morgan fingerprint density at radius 1 is 0.744 bits per heavy atom. The lowest BCUT2D eigenvalue weighted by molar-refractivity contribution is -0.385. The number of non-ortho nitro benzene ring substituents is 2. The van der Waals surface area contributed by atoms with Crippen molar-refractivity contribution >= 4 is 17.5 Å². The van der Waals surface area contributed by atoms with E-state index in [-0.39, 0.29) is 41.8 Å². The second kappa shape index (κ2) is 12.7. The van der Waals surface area contributed by atoms with Crippen LogP contribution in [0.1, 0.15) is 72.1 Å². The third-order valence-corrected chi connectivity index (χ3v) is 8.42. The number of amides is 1. The molecule has 0 aliphatic carbocycles. The molecule has 43 heavy (non-hydrogen) atoms. The van der Waals surface area contributed by atoms with Gasteiger partial charge in [0.2, 0.25) is 0 Å². The fourth-order valence-electron chi connectivity index (χ4n) is 6.62. The standard InChI is InChI=1S/C18H24N2O5.C13H16N2O3/c1-18(2,3)25-17(21)19-13-4-5-14(19)11-16(10-13)24-15-8-6-12(7-9-15)20(22)23;16-15(17)11-3-5-12(6-4-11)18-13-7-9-1-2-10(8-13)14-9/h6-9,13-14,16H,4-5,10-11H2,1-3H3;3-6,9-10,13-14H,1-2,7-8H2. The van der Waals surface area contributed by atoms with E-state index >= 15 is 0 Å². The predicted molar refractivity (Wildman–Crippen MR) is 158 cm³/mol. The Kier molecular flexibility index (Phi) is 9.05. The highest BCUT2D eigenvalue weighted by atomic mass is 16.6. The fraction of sp³-hybridized carbons (Fsp3) is 0.581. The number of carbonyl (C=O) groups excluding carboxylic acids is 1. The van der Waals surface area contributed by atoms with Gasteiger partial charge in [-0.3, -0.25) is 20.2 Å². The summed E-state index contributed by atoms with van der Waals surface area (Å²) in [5.74, 6) is 1.35. The van der Waals surface area contributed by atoms with Gasteiger partial charge in [-0.2, -0.15) is 0 Å². The number of nitrogens with one attached hydrogen (secondary N) is 1. The van der Waals surface area contributed by atoms with Crippen LogP contribution in [0.4, 0.5) is 16.2 Å². The summed E-state index contributed by atoms with van der Waals surface area (Å²) in [4.78, 5) is 34.8. The van der Waals surface area contributed by atoms with Crippen molar-refractivity contribution in [2.45, 2.75) is 114 Å². The fourth-order valence-corrected chi connectivity index (χ4v) is 6.62. The minimum absolute atomic E-state index is 0.0117. The lowest BCUT2D eigenvalue weighted by Crippen LogP contribution is -2.50. The number of nitro benzene ring substituents is 2. The van der Waals surface area contributed by atoms with E-state index in [0.717, 1.165) is 44.3 Å². The average molecular weight is 597 g/mol. The Hall–Kier alpha value is -3.93. The molecule has 4 fully saturated rings. The molecule has 4 saturated heterocycles. The summed E-state index contributed by atoms with van der Waals surface area (Å²) in [5, 5.41) is 24.8. The summed E-state index contributed by atoms with van der Waals surface area (Å²) in [6.07, 6.45) is 8.00. The third kappa shape index (κ3) is 7.92. The van der Waals surface area contributed by atoms with Crippen LogP contribution < -0.4 is 14.8 Å². The van der Waals surface area contributed by atoms with Crippen molar-refractivity contribution in [3.63, 3.8) is 0 Å². The van der Waals surface area contributed by atoms with Crippen LogP contribution in [-0.2, 0) is 4.74 Å². The van der Waals surface area contributed by atoms with Crippen LogP contribution in [0, 0.1) is 20.2 Å². The molecule has 4 bridgehead atoms. The highest BCUT2D eigenvalue weighted by molar-refractivity contribution is 5.69. The molecule has 2 aromatic carbocycles. The number of hydrogen-bond acceptors (Lipinski definition) is 9. The summed E-state index contributed by atoms with van der Waals surface area (Å²) in [6.45, 7) is 5.62. The SMILES string of the molecule is CC(C)(C)OC(=O)N1C2CCC1CC(Oc1ccc([N+](=O)[O-])cc1)C2.O=[N+]([O-])c1ccc(OC2CC3CCC(C2)N3)cc1. The number of piperidine rings is 2. The molecule has 4 aliphatic rings. The van der Waals surface area contributed by atoms with E-state index in [1.165, 1.54) is 37.1 Å². The molecular weight excluding hydrogens is 556 g/mol. The van der Waals surface area contributed by atoms with Gasteiger partial charge in [-0.05, 0) is 83.6 Å². The zero-order chi connectivity index (χ0) is 30.7. The van der Waals surface area contributed by atoms with Crippen molar-refractivity contribution in [1.82, 2.24) is 10.2 Å². The molecule has 1 N–H and O–H groups in total. The monoisotopic (exact) mass is 596 g/mol. The van der Waals surface area contributed by atoms with Crippen LogP contribution in [0.25, 0.3) is 0 Å². The maximum absolute atomic E-state index is 12.4. The van der Waals surface area contributed by atoms with E-state index in [4.69, 9.17) is 14.2 Å². The second-order valence-corrected chi connectivity index (χ2v) is 12.8. The lowest BCUT2D eigenvalue weighted by atomic mass is 10.00. The maximum Gasteiger partial charge on any atom is 0.410 e. The van der Waals surface area contributed by atoms with Crippen molar-refractivity contribution < 1.29 is 28.9 Å². The largest absolute Gasteiger partial charge is 0.490 e. The molecule has 0 aromatic heterocycles. The summed E-state index contributed by atoms with van der Waals surface area (Å²) < 4.78 is 17.4. The van der Waals surface area contributed by atoms with E-state index in [9.17, 15) is 25.0 Å². The summed E-state index contributed by atoms with van der Waals surface area (Å²) in [6, 6.07) is 13.9. The first-order chi connectivity index (χ1) is 20.4. The first-order valence-electron chi connectivity index (χ1n) is 15.0. The number of fused-ring (bicyclic) bond motifs is 4. The molecule has 2 aromatic rings. The lowest BCUT2D eigenvalue weighted by Gasteiger charge is -2.39. The van der Waals surface area contributed by atoms with Gasteiger partial charge in [0, 0.05) is 61.3 Å². The van der Waals surface area contributed by atoms with Gasteiger partial charge in [0.25, 0.3) is 11.4 Å². The van der Waals surface area contributed by atoms with Gasteiger partial charge in [0.15, 0.2) is 0 Å². The van der Waals surface area contributed by atoms with E-state index < -0.39 is 15.4 Å². The van der Waals surface area contributed by atoms with Crippen LogP contribution in [0.15, 0.2) is 48.5 Å². The Morgan fingerprint density at radius 3 is 1.56 bits per heavy atom. The molecule has 6 rings (SSSR count). The van der Waals surface area contributed by atoms with E-state index in [1.54, 1.807) is 24.3 Å². The maximum atomic E-state index is 12.4. The summed E-state index contributed by atoms with van der Waals surface area (Å²) in [5.41, 5.74) is -0.345. The van der Waals surface area contributed by atoms with Gasteiger partial charge < -0.3 is 24.4 Å². The summed E-state index contributed by atoms with van der Waals surface area (Å²) in [7, 11) is 0. The van der Waals surface area contributed by atoms with Gasteiger partial charge in [-0.25, -0.2) is 4.79 Å². The number of nitrogens with zero attached hydrogens (tertiary/aromatic N) is 3. The van der Waals surface area contributed by atoms with Crippen LogP contribution in [-0.4, -0.2) is 62.8 Å². The van der Waals surface area contributed by atoms with Crippen molar-refractivity contribution in [3.8, 4) is 11.5 Å². The zero-order valence-electron chi connectivity index (χ0n) is 24.8. The molecule has 12 heteroatoms. The van der Waals surface area contributed by atoms with Crippen LogP contribution in [0.5, 0.6) is 11.5 Å². The molecule has 4 heterocycles. The number of nitro groups is 2. The van der Waals surface area contributed by atoms with Crippen molar-refractivity contribution in [2.24, 2.45) is 0 Å². The molecule has 4 aliphatic heterocycles. The topological polar surface area (TPSA) is 146 Å². The smallest absolute Gasteiger partial charge is 0.410 e. The van der Waals surface area contributed by atoms with Crippen molar-refractivity contribution in [1.29, 1.82) is 0 Å². The highest BCUT2D eigenvalue weighted by Gasteiger charge is 2.45. The van der Waals surface area contributed by atoms with E-state index in [2.05, 4.69) is 5.32 Å². The molecule has 0 spiro atoms. The number of rotatable bonds is 6. The molecule has 12 nitrogen and oxygen atoms in total. The highest BCUT2D eigenvalue weighted by Crippen LogP contribution is 2.38. The van der Waals surface area contributed by atoms with Crippen molar-refractivity contribution in [3.05, 3.63) is 68.8 Å². The first kappa shape index (κ1) is 30.5. The van der Waals surface area contributed by atoms with Crippen LogP contribution in [0.2, 0.25) is 0 Å². The molecule has 0 radical (unpaired) electrons. The molecule has 1 amide bonds. The van der Waals surface area contributed by atoms with E-state index in [0.29, 0.717) is 17.8 Å². The van der Waals surface area contributed by atoms with Gasteiger partial charge in [-0.15, -0.1) is 0 Å². The number of benzene rings is 2. The van der Waals surface area contributed by atoms with Gasteiger partial charge in [-0.1, -0.05) is 0 Å². The third-order valence-electron chi connectivity index (χ3n) is 8.42. The van der Waals surface area contributed by atoms with E-state index in [1.807, 2.05) is 25.7 Å². The zero-order valence-corrected chi connectivity index (χ0v) is 24.8. The Labute approximate surface area is 251 Å². The first-order valence-corrected chi connectivity index (χ1v) is 15.0. The molecule has 4 unspecified atom stereocenters. The van der Waals surface area contributed by atoms with Gasteiger partial charge in [0.1, 0.15) is 29.3 Å². The Balaban J connectivity index is 0.000000180. The summed E-state index contributed by atoms with van der Waals surface area (Å²) >= 11 is 0. The van der Waals surface area contributed by atoms with Crippen molar-refractivity contribution in [2.75, 3.05) is 0 Å². The molecular formula is C31H40N4O8. The predicted octanol–water partition coefficient (Wildman–Crippen LogP) is 6.16. The quantitative estimate of drug-likeness (QED) is 0.306. The molecule has 232 valence electrons. The average Bonchev–Trinajstić information content (AvgIpc) is 3.43. The Morgan fingerprint density at radius 2 is 1.16 bits per heavy atom. The molecule has 4 atom stereocenters. The molecule has 0 saturated carbocycles. The normalized spacial score (nSPS) is 27.5. The number of ether oxygens (including phenoxy) is 3. The van der Waals surface area contributed by atoms with Crippen LogP contribution >= 0.6 is 0 Å². The minimum atomic E-state index is -0.497. The van der Waals surface area contributed by atoms with Gasteiger partial charge in [0.05, 0.1) is 9.85 Å². The second-order valence-electron chi connectivity index (χ2n) is 12.8. The van der Waals surface area contributed by atoms with Gasteiger partial charge >= 0.3 is 6.09 Å².